The van der Waals surface area contributed by atoms with Gasteiger partial charge in [-0.15, -0.1) is 0 Å². The second-order valence-corrected chi connectivity index (χ2v) is 5.04. The standard InChI is InChI=1S/C18H24N4/c1-3-22(4-2)15-14-20-17-8-6-16(7-9-17)18-10-13-19-11-5-12-21-18/h3,5-9,11-12,20H,1,4,10,13-15H2,2H3/b12-5-,19-11?,21-18?. The van der Waals surface area contributed by atoms with Gasteiger partial charge in [0, 0.05) is 56.4 Å². The van der Waals surface area contributed by atoms with Crippen LogP contribution < -0.4 is 5.32 Å². The molecule has 4 heteroatoms. The van der Waals surface area contributed by atoms with Gasteiger partial charge in [0.1, 0.15) is 0 Å². The second-order valence-electron chi connectivity index (χ2n) is 5.04. The lowest BCUT2D eigenvalue weighted by atomic mass is 10.1. The number of hydrogen-bond acceptors (Lipinski definition) is 4. The van der Waals surface area contributed by atoms with Crippen molar-refractivity contribution in [2.24, 2.45) is 9.98 Å². The smallest absolute Gasteiger partial charge is 0.0494 e. The van der Waals surface area contributed by atoms with Crippen molar-refractivity contribution in [3.8, 4) is 0 Å². The van der Waals surface area contributed by atoms with Crippen molar-refractivity contribution in [3.05, 3.63) is 54.9 Å². The third-order valence-corrected chi connectivity index (χ3v) is 3.60. The molecule has 0 atom stereocenters. The van der Waals surface area contributed by atoms with Crippen LogP contribution in [0.4, 0.5) is 5.69 Å². The summed E-state index contributed by atoms with van der Waals surface area (Å²) < 4.78 is 0. The highest BCUT2D eigenvalue weighted by Gasteiger charge is 2.04. The number of nitrogens with zero attached hydrogens (tertiary/aromatic N) is 3. The highest BCUT2D eigenvalue weighted by atomic mass is 15.1. The van der Waals surface area contributed by atoms with Gasteiger partial charge in [0.05, 0.1) is 0 Å². The molecule has 1 N–H and O–H groups in total. The van der Waals surface area contributed by atoms with E-state index in [1.54, 1.807) is 12.4 Å². The van der Waals surface area contributed by atoms with E-state index in [9.17, 15) is 0 Å². The molecule has 0 unspecified atom stereocenters. The van der Waals surface area contributed by atoms with Gasteiger partial charge in [0.25, 0.3) is 0 Å². The van der Waals surface area contributed by atoms with Crippen molar-refractivity contribution in [3.63, 3.8) is 0 Å². The van der Waals surface area contributed by atoms with E-state index in [-0.39, 0.29) is 0 Å². The largest absolute Gasteiger partial charge is 0.383 e. The number of allylic oxidation sites excluding steroid dienone is 1. The normalized spacial score (nSPS) is 15.4. The Bertz CT molecular complexity index is 555. The van der Waals surface area contributed by atoms with E-state index in [0.29, 0.717) is 0 Å². The number of rotatable bonds is 7. The molecule has 1 aliphatic heterocycles. The zero-order chi connectivity index (χ0) is 15.6. The lowest BCUT2D eigenvalue weighted by Crippen LogP contribution is -2.23. The van der Waals surface area contributed by atoms with Crippen molar-refractivity contribution in [1.82, 2.24) is 4.90 Å². The van der Waals surface area contributed by atoms with Crippen LogP contribution in [-0.2, 0) is 0 Å². The Morgan fingerprint density at radius 2 is 2.14 bits per heavy atom. The van der Waals surface area contributed by atoms with Gasteiger partial charge in [-0.3, -0.25) is 9.98 Å². The summed E-state index contributed by atoms with van der Waals surface area (Å²) in [7, 11) is 0. The van der Waals surface area contributed by atoms with Crippen molar-refractivity contribution in [2.75, 3.05) is 31.5 Å². The van der Waals surface area contributed by atoms with E-state index in [2.05, 4.69) is 58.0 Å². The van der Waals surface area contributed by atoms with Gasteiger partial charge in [-0.05, 0) is 36.9 Å². The molecule has 116 valence electrons. The first-order valence-corrected chi connectivity index (χ1v) is 7.76. The predicted octanol–water partition coefficient (Wildman–Crippen LogP) is 3.34. The highest BCUT2D eigenvalue weighted by Crippen LogP contribution is 2.12. The minimum Gasteiger partial charge on any atom is -0.383 e. The fourth-order valence-electron chi connectivity index (χ4n) is 2.26. The molecule has 0 fully saturated rings. The molecular weight excluding hydrogens is 272 g/mol. The first kappa shape index (κ1) is 16.0. The van der Waals surface area contributed by atoms with Crippen LogP contribution in [0.15, 0.2) is 59.3 Å². The summed E-state index contributed by atoms with van der Waals surface area (Å²) in [5.74, 6) is 0. The summed E-state index contributed by atoms with van der Waals surface area (Å²) in [6.07, 6.45) is 8.23. The number of aliphatic imine (C=N–C) groups is 2. The quantitative estimate of drug-likeness (QED) is 0.838. The Hall–Kier alpha value is -2.36. The van der Waals surface area contributed by atoms with Crippen LogP contribution in [0, 0.1) is 0 Å². The van der Waals surface area contributed by atoms with Crippen LogP contribution >= 0.6 is 0 Å². The molecule has 0 bridgehead atoms. The molecule has 0 spiro atoms. The fraction of sp³-hybridized carbons (Fsp3) is 0.333. The fourth-order valence-corrected chi connectivity index (χ4v) is 2.26. The topological polar surface area (TPSA) is 40.0 Å². The third-order valence-electron chi connectivity index (χ3n) is 3.60. The van der Waals surface area contributed by atoms with Crippen molar-refractivity contribution < 1.29 is 0 Å². The SMILES string of the molecule is C=CN(CC)CCNc1ccc(C2=N/C=C\C=NCC2)cc1. The summed E-state index contributed by atoms with van der Waals surface area (Å²) in [5, 5.41) is 3.43. The Kier molecular flexibility index (Phi) is 6.42. The Morgan fingerprint density at radius 3 is 2.86 bits per heavy atom. The molecular formula is C18H24N4. The van der Waals surface area contributed by atoms with E-state index < -0.39 is 0 Å². The number of likely N-dealkylation sites (N-methyl/N-ethyl adjacent to an activating group) is 1. The lowest BCUT2D eigenvalue weighted by molar-refractivity contribution is 0.412. The molecule has 0 aromatic heterocycles. The van der Waals surface area contributed by atoms with Gasteiger partial charge in [-0.25, -0.2) is 0 Å². The van der Waals surface area contributed by atoms with Crippen molar-refractivity contribution >= 4 is 17.6 Å². The predicted molar refractivity (Wildman–Crippen MR) is 96.0 cm³/mol. The van der Waals surface area contributed by atoms with E-state index >= 15 is 0 Å². The molecule has 2 rings (SSSR count). The monoisotopic (exact) mass is 296 g/mol. The van der Waals surface area contributed by atoms with Crippen molar-refractivity contribution in [2.45, 2.75) is 13.3 Å². The summed E-state index contributed by atoms with van der Waals surface area (Å²) in [5.41, 5.74) is 3.38. The van der Waals surface area contributed by atoms with Gasteiger partial charge in [-0.1, -0.05) is 18.7 Å². The molecule has 0 saturated heterocycles. The molecule has 22 heavy (non-hydrogen) atoms. The molecule has 1 aromatic carbocycles. The van der Waals surface area contributed by atoms with Crippen LogP contribution in [0.3, 0.4) is 0 Å². The number of benzene rings is 1. The molecule has 1 heterocycles. The van der Waals surface area contributed by atoms with E-state index in [1.165, 1.54) is 0 Å². The van der Waals surface area contributed by atoms with E-state index in [0.717, 1.165) is 49.6 Å². The zero-order valence-electron chi connectivity index (χ0n) is 13.2. The van der Waals surface area contributed by atoms with Gasteiger partial charge in [0.15, 0.2) is 0 Å². The van der Waals surface area contributed by atoms with E-state index in [1.807, 2.05) is 12.3 Å². The van der Waals surface area contributed by atoms with Gasteiger partial charge in [-0.2, -0.15) is 0 Å². The van der Waals surface area contributed by atoms with Crippen LogP contribution in [0.1, 0.15) is 18.9 Å². The number of hydrogen-bond donors (Lipinski definition) is 1. The van der Waals surface area contributed by atoms with Crippen molar-refractivity contribution in [1.29, 1.82) is 0 Å². The summed E-state index contributed by atoms with van der Waals surface area (Å²) >= 11 is 0. The molecule has 1 aliphatic rings. The zero-order valence-corrected chi connectivity index (χ0v) is 13.2. The Balaban J connectivity index is 1.91. The van der Waals surface area contributed by atoms with Crippen LogP contribution in [0.2, 0.25) is 0 Å². The van der Waals surface area contributed by atoms with Crippen LogP contribution in [0.5, 0.6) is 0 Å². The number of anilines is 1. The Morgan fingerprint density at radius 1 is 1.32 bits per heavy atom. The molecule has 4 nitrogen and oxygen atoms in total. The van der Waals surface area contributed by atoms with Crippen LogP contribution in [-0.4, -0.2) is 43.0 Å². The summed E-state index contributed by atoms with van der Waals surface area (Å²) in [4.78, 5) is 11.0. The van der Waals surface area contributed by atoms with Crippen LogP contribution in [0.25, 0.3) is 0 Å². The van der Waals surface area contributed by atoms with Gasteiger partial charge in [0.2, 0.25) is 0 Å². The van der Waals surface area contributed by atoms with Gasteiger partial charge < -0.3 is 10.2 Å². The maximum absolute atomic E-state index is 4.50. The summed E-state index contributed by atoms with van der Waals surface area (Å²) in [6, 6.07) is 8.44. The molecule has 1 aromatic rings. The Labute approximate surface area is 133 Å². The third kappa shape index (κ3) is 4.88. The second kappa shape index (κ2) is 8.82. The highest BCUT2D eigenvalue weighted by molar-refractivity contribution is 6.01. The molecule has 0 aliphatic carbocycles. The minimum absolute atomic E-state index is 0.789. The minimum atomic E-state index is 0.789. The first-order chi connectivity index (χ1) is 10.8. The first-order valence-electron chi connectivity index (χ1n) is 7.76. The average Bonchev–Trinajstić information content (AvgIpc) is 2.52. The molecule has 0 saturated carbocycles. The molecule has 0 amide bonds. The summed E-state index contributed by atoms with van der Waals surface area (Å²) in [6.45, 7) is 9.57. The molecule has 0 radical (unpaired) electrons. The average molecular weight is 296 g/mol. The number of nitrogens with one attached hydrogen (secondary N) is 1. The van der Waals surface area contributed by atoms with Gasteiger partial charge >= 0.3 is 0 Å². The maximum atomic E-state index is 4.50. The lowest BCUT2D eigenvalue weighted by Gasteiger charge is -2.18. The maximum Gasteiger partial charge on any atom is 0.0494 e. The van der Waals surface area contributed by atoms with E-state index in [4.69, 9.17) is 0 Å².